The largest absolute Gasteiger partial charge is 0.460 e. The fourth-order valence-corrected chi connectivity index (χ4v) is 2.34. The molecule has 0 aromatic heterocycles. The van der Waals surface area contributed by atoms with Crippen molar-refractivity contribution in [2.45, 2.75) is 61.0 Å². The number of hydrogen-bond donors (Lipinski definition) is 0. The number of ether oxygens (including phenoxy) is 1. The van der Waals surface area contributed by atoms with Gasteiger partial charge in [0.15, 0.2) is 0 Å². The summed E-state index contributed by atoms with van der Waals surface area (Å²) in [4.78, 5) is 11.2. The van der Waals surface area contributed by atoms with Gasteiger partial charge in [0.2, 0.25) is 0 Å². The van der Waals surface area contributed by atoms with Crippen LogP contribution in [0.2, 0.25) is 0 Å². The summed E-state index contributed by atoms with van der Waals surface area (Å²) in [5, 5.41) is 0. The predicted molar refractivity (Wildman–Crippen MR) is 82.0 cm³/mol. The van der Waals surface area contributed by atoms with E-state index in [1.54, 1.807) is 0 Å². The van der Waals surface area contributed by atoms with Gasteiger partial charge in [-0.15, -0.1) is 0 Å². The third-order valence-electron chi connectivity index (χ3n) is 4.46. The number of alkyl halides is 17. The van der Waals surface area contributed by atoms with Crippen LogP contribution >= 0.6 is 0 Å². The summed E-state index contributed by atoms with van der Waals surface area (Å²) in [6.07, 6.45) is -8.50. The second-order valence-corrected chi connectivity index (χ2v) is 6.84. The van der Waals surface area contributed by atoms with E-state index in [1.165, 1.54) is 0 Å². The van der Waals surface area contributed by atoms with Crippen LogP contribution < -0.4 is 4.74 Å². The third-order valence-corrected chi connectivity index (χ3v) is 4.46. The third kappa shape index (κ3) is 4.20. The molecule has 0 saturated carbocycles. The summed E-state index contributed by atoms with van der Waals surface area (Å²) in [5.74, 6) is -60.6. The van der Waals surface area contributed by atoms with Gasteiger partial charge in [-0.25, -0.2) is 0 Å². The molecule has 0 atom stereocenters. The molecule has 208 valence electrons. The Morgan fingerprint density at radius 3 is 1.36 bits per heavy atom. The number of esters is 1. The van der Waals surface area contributed by atoms with E-state index in [-0.39, 0.29) is 12.1 Å². The molecule has 0 heterocycles. The minimum atomic E-state index is -8.71. The van der Waals surface area contributed by atoms with Gasteiger partial charge in [-0.1, -0.05) is 19.1 Å². The highest BCUT2D eigenvalue weighted by Gasteiger charge is 2.95. The highest BCUT2D eigenvalue weighted by Crippen LogP contribution is 2.65. The van der Waals surface area contributed by atoms with E-state index in [0.717, 1.165) is 6.92 Å². The summed E-state index contributed by atoms with van der Waals surface area (Å²) in [6.45, 7) is 0.991. The van der Waals surface area contributed by atoms with Crippen LogP contribution in [0.15, 0.2) is 24.3 Å². The molecule has 0 aliphatic carbocycles. The first-order valence-corrected chi connectivity index (χ1v) is 8.71. The van der Waals surface area contributed by atoms with Crippen molar-refractivity contribution >= 4 is 5.97 Å². The van der Waals surface area contributed by atoms with Gasteiger partial charge >= 0.3 is 53.6 Å². The van der Waals surface area contributed by atoms with Crippen molar-refractivity contribution in [2.24, 2.45) is 0 Å². The molecule has 0 radical (unpaired) electrons. The van der Waals surface area contributed by atoms with E-state index in [1.807, 2.05) is 0 Å². The van der Waals surface area contributed by atoms with E-state index in [0.29, 0.717) is 12.1 Å². The van der Waals surface area contributed by atoms with Gasteiger partial charge in [-0.05, 0) is 12.1 Å². The molecule has 0 aliphatic rings. The fourth-order valence-electron chi connectivity index (χ4n) is 2.34. The predicted octanol–water partition coefficient (Wildman–Crippen LogP) is 7.47. The maximum atomic E-state index is 14.4. The van der Waals surface area contributed by atoms with Gasteiger partial charge in [0, 0.05) is 6.42 Å². The van der Waals surface area contributed by atoms with E-state index in [2.05, 4.69) is 4.74 Å². The Hall–Kier alpha value is -2.50. The SMILES string of the molecule is CCC(=O)Oc1ccccc1C(F)(F)C(F)(F)C(F)(F)C(F)(F)C(F)(F)C(F)(F)C(F)(F)C(F)(F)F. The average molecular weight is 568 g/mol. The smallest absolute Gasteiger partial charge is 0.426 e. The number of benzene rings is 1. The minimum Gasteiger partial charge on any atom is -0.426 e. The van der Waals surface area contributed by atoms with Crippen molar-refractivity contribution in [3.05, 3.63) is 29.8 Å². The van der Waals surface area contributed by atoms with Crippen LogP contribution in [0.25, 0.3) is 0 Å². The zero-order valence-corrected chi connectivity index (χ0v) is 16.8. The molecule has 19 heteroatoms. The van der Waals surface area contributed by atoms with Gasteiger partial charge in [0.1, 0.15) is 5.75 Å². The van der Waals surface area contributed by atoms with Gasteiger partial charge in [-0.3, -0.25) is 4.79 Å². The van der Waals surface area contributed by atoms with Crippen LogP contribution in [0.5, 0.6) is 5.75 Å². The van der Waals surface area contributed by atoms with Crippen LogP contribution in [0, 0.1) is 0 Å². The maximum absolute atomic E-state index is 14.4. The maximum Gasteiger partial charge on any atom is 0.460 e. The Kier molecular flexibility index (Phi) is 7.72. The van der Waals surface area contributed by atoms with E-state index >= 15 is 0 Å². The number of para-hydroxylation sites is 1. The first kappa shape index (κ1) is 31.5. The lowest BCUT2D eigenvalue weighted by Crippen LogP contribution is -2.74. The zero-order valence-electron chi connectivity index (χ0n) is 16.8. The molecule has 0 spiro atoms. The monoisotopic (exact) mass is 568 g/mol. The molecule has 0 saturated heterocycles. The molecular weight excluding hydrogens is 559 g/mol. The van der Waals surface area contributed by atoms with Crippen molar-refractivity contribution in [2.75, 3.05) is 0 Å². The van der Waals surface area contributed by atoms with Gasteiger partial charge in [0.25, 0.3) is 0 Å². The lowest BCUT2D eigenvalue weighted by Gasteiger charge is -2.42. The normalized spacial score (nSPS) is 15.2. The van der Waals surface area contributed by atoms with E-state index in [9.17, 15) is 79.4 Å². The lowest BCUT2D eigenvalue weighted by atomic mass is 9.87. The van der Waals surface area contributed by atoms with Crippen LogP contribution in [0.3, 0.4) is 0 Å². The van der Waals surface area contributed by atoms with Crippen LogP contribution in [-0.2, 0) is 10.7 Å². The van der Waals surface area contributed by atoms with Crippen LogP contribution in [0.4, 0.5) is 74.6 Å². The van der Waals surface area contributed by atoms with E-state index in [4.69, 9.17) is 0 Å². The molecule has 0 aliphatic heterocycles. The first-order valence-electron chi connectivity index (χ1n) is 8.71. The van der Waals surface area contributed by atoms with Crippen molar-refractivity contribution in [3.8, 4) is 5.75 Å². The van der Waals surface area contributed by atoms with Crippen molar-refractivity contribution in [3.63, 3.8) is 0 Å². The Bertz CT molecular complexity index is 964. The number of halogens is 17. The average Bonchev–Trinajstić information content (AvgIpc) is 2.72. The molecule has 0 unspecified atom stereocenters. The number of carbonyl (C=O) groups excluding carboxylic acids is 1. The van der Waals surface area contributed by atoms with Crippen LogP contribution in [0.1, 0.15) is 18.9 Å². The van der Waals surface area contributed by atoms with Crippen LogP contribution in [-0.4, -0.2) is 47.7 Å². The van der Waals surface area contributed by atoms with Gasteiger partial charge in [0.05, 0.1) is 5.56 Å². The summed E-state index contributed by atoms with van der Waals surface area (Å²) < 4.78 is 232. The molecule has 1 rings (SSSR count). The molecule has 36 heavy (non-hydrogen) atoms. The lowest BCUT2D eigenvalue weighted by molar-refractivity contribution is -0.462. The second-order valence-electron chi connectivity index (χ2n) is 6.84. The molecule has 0 fully saturated rings. The van der Waals surface area contributed by atoms with Gasteiger partial charge in [-0.2, -0.15) is 74.6 Å². The molecule has 2 nitrogen and oxygen atoms in total. The molecule has 0 bridgehead atoms. The van der Waals surface area contributed by atoms with Crippen molar-refractivity contribution < 1.29 is 84.2 Å². The topological polar surface area (TPSA) is 26.3 Å². The quantitative estimate of drug-likeness (QED) is 0.176. The second kappa shape index (κ2) is 8.81. The van der Waals surface area contributed by atoms with E-state index < -0.39 is 71.3 Å². The fraction of sp³-hybridized carbons (Fsp3) is 0.588. The Morgan fingerprint density at radius 1 is 0.611 bits per heavy atom. The number of hydrogen-bond acceptors (Lipinski definition) is 2. The van der Waals surface area contributed by atoms with Crippen molar-refractivity contribution in [1.82, 2.24) is 0 Å². The van der Waals surface area contributed by atoms with Gasteiger partial charge < -0.3 is 4.74 Å². The summed E-state index contributed by atoms with van der Waals surface area (Å²) in [5.41, 5.74) is -2.57. The highest BCUT2D eigenvalue weighted by molar-refractivity contribution is 5.72. The summed E-state index contributed by atoms with van der Waals surface area (Å²) >= 11 is 0. The Morgan fingerprint density at radius 2 is 0.972 bits per heavy atom. The first-order chi connectivity index (χ1) is 15.7. The standard InChI is InChI=1S/C17H9F17O2/c1-2-9(35)36-8-6-4-3-5-7(8)10(18,19)11(20,21)12(22,23)13(24,25)14(26,27)15(28,29)16(30,31)17(32,33)34/h3-6H,2H2,1H3. The molecule has 1 aromatic carbocycles. The Labute approximate surface area is 188 Å². The number of carbonyl (C=O) groups is 1. The molecule has 0 amide bonds. The zero-order chi connectivity index (χ0) is 29.0. The number of rotatable bonds is 9. The van der Waals surface area contributed by atoms with Crippen molar-refractivity contribution in [1.29, 1.82) is 0 Å². The molecular formula is C17H9F17O2. The molecule has 1 aromatic rings. The Balaban J connectivity index is 3.78. The highest BCUT2D eigenvalue weighted by atomic mass is 19.4. The molecule has 0 N–H and O–H groups in total. The summed E-state index contributed by atoms with van der Waals surface area (Å²) in [7, 11) is 0. The minimum absolute atomic E-state index is 0.204. The summed E-state index contributed by atoms with van der Waals surface area (Å²) in [6, 6.07) is 0.892.